The molecule has 0 radical (unpaired) electrons. The van der Waals surface area contributed by atoms with Crippen molar-refractivity contribution in [1.82, 2.24) is 4.90 Å². The molecule has 0 bridgehead atoms. The molecule has 1 saturated carbocycles. The van der Waals surface area contributed by atoms with Crippen molar-refractivity contribution < 1.29 is 14.7 Å². The second kappa shape index (κ2) is 6.48. The van der Waals surface area contributed by atoms with Crippen molar-refractivity contribution in [1.29, 1.82) is 0 Å². The van der Waals surface area contributed by atoms with Gasteiger partial charge in [0.1, 0.15) is 0 Å². The minimum Gasteiger partial charge on any atom is -0.478 e. The number of benzene rings is 2. The Kier molecular flexibility index (Phi) is 4.38. The maximum absolute atomic E-state index is 12.6. The van der Waals surface area contributed by atoms with Crippen molar-refractivity contribution in [2.24, 2.45) is 0 Å². The number of aromatic carboxylic acids is 1. The van der Waals surface area contributed by atoms with Crippen LogP contribution in [0, 0.1) is 0 Å². The molecule has 4 nitrogen and oxygen atoms in total. The number of likely N-dealkylation sites (N-methyl/N-ethyl adjacent to an activating group) is 1. The first kappa shape index (κ1) is 16.2. The molecule has 3 rings (SSSR count). The van der Waals surface area contributed by atoms with Crippen LogP contribution in [-0.4, -0.2) is 35.5 Å². The van der Waals surface area contributed by atoms with Gasteiger partial charge in [-0.15, -0.1) is 0 Å². The maximum Gasteiger partial charge on any atom is 0.335 e. The molecule has 24 heavy (non-hydrogen) atoms. The van der Waals surface area contributed by atoms with E-state index in [0.29, 0.717) is 12.1 Å². The Hall–Kier alpha value is -2.62. The number of rotatable bonds is 6. The van der Waals surface area contributed by atoms with Gasteiger partial charge in [-0.25, -0.2) is 4.79 Å². The van der Waals surface area contributed by atoms with E-state index in [-0.39, 0.29) is 23.3 Å². The van der Waals surface area contributed by atoms with Crippen LogP contribution in [0.5, 0.6) is 0 Å². The molecule has 0 saturated heterocycles. The highest BCUT2D eigenvalue weighted by atomic mass is 16.4. The Labute approximate surface area is 141 Å². The summed E-state index contributed by atoms with van der Waals surface area (Å²) in [4.78, 5) is 25.6. The lowest BCUT2D eigenvalue weighted by Crippen LogP contribution is -2.35. The van der Waals surface area contributed by atoms with Crippen LogP contribution in [-0.2, 0) is 16.6 Å². The normalized spacial score (nSPS) is 14.9. The van der Waals surface area contributed by atoms with Gasteiger partial charge in [0.15, 0.2) is 0 Å². The van der Waals surface area contributed by atoms with E-state index in [1.54, 1.807) is 30.1 Å². The number of carboxylic acids is 1. The maximum atomic E-state index is 12.6. The quantitative estimate of drug-likeness (QED) is 0.888. The van der Waals surface area contributed by atoms with Gasteiger partial charge >= 0.3 is 5.97 Å². The Bertz CT molecular complexity index is 750. The summed E-state index contributed by atoms with van der Waals surface area (Å²) in [5.41, 5.74) is 2.10. The number of hydrogen-bond acceptors (Lipinski definition) is 2. The number of carbonyl (C=O) groups is 2. The van der Waals surface area contributed by atoms with Gasteiger partial charge < -0.3 is 10.0 Å². The first-order chi connectivity index (χ1) is 11.5. The zero-order valence-corrected chi connectivity index (χ0v) is 13.7. The number of amides is 1. The fraction of sp³-hybridized carbons (Fsp3) is 0.300. The molecule has 1 amide bonds. The SMILES string of the molecule is CN(CC1(c2ccccc2)CC1)C(=O)Cc1ccccc1C(=O)O. The summed E-state index contributed by atoms with van der Waals surface area (Å²) in [5.74, 6) is -1.05. The minimum absolute atomic E-state index is 0.0501. The second-order valence-electron chi connectivity index (χ2n) is 6.54. The van der Waals surface area contributed by atoms with E-state index in [9.17, 15) is 14.7 Å². The Balaban J connectivity index is 1.69. The first-order valence-electron chi connectivity index (χ1n) is 8.12. The van der Waals surface area contributed by atoms with E-state index in [4.69, 9.17) is 0 Å². The molecule has 1 aliphatic carbocycles. The van der Waals surface area contributed by atoms with Crippen LogP contribution >= 0.6 is 0 Å². The molecule has 0 aromatic heterocycles. The van der Waals surface area contributed by atoms with Gasteiger partial charge in [0.2, 0.25) is 5.91 Å². The Morgan fingerprint density at radius 2 is 1.67 bits per heavy atom. The monoisotopic (exact) mass is 323 g/mol. The molecule has 2 aromatic rings. The zero-order valence-electron chi connectivity index (χ0n) is 13.7. The van der Waals surface area contributed by atoms with Gasteiger partial charge in [-0.05, 0) is 30.0 Å². The molecule has 0 unspecified atom stereocenters. The van der Waals surface area contributed by atoms with Gasteiger partial charge in [0.05, 0.1) is 12.0 Å². The third kappa shape index (κ3) is 3.32. The molecule has 2 aromatic carbocycles. The number of nitrogens with zero attached hydrogens (tertiary/aromatic N) is 1. The fourth-order valence-electron chi connectivity index (χ4n) is 3.20. The van der Waals surface area contributed by atoms with Gasteiger partial charge in [-0.1, -0.05) is 48.5 Å². The number of carboxylic acid groups (broad SMARTS) is 1. The van der Waals surface area contributed by atoms with Crippen molar-refractivity contribution in [3.63, 3.8) is 0 Å². The molecule has 4 heteroatoms. The van der Waals surface area contributed by atoms with Crippen LogP contribution in [0.3, 0.4) is 0 Å². The van der Waals surface area contributed by atoms with Crippen LogP contribution in [0.4, 0.5) is 0 Å². The molecule has 0 spiro atoms. The minimum atomic E-state index is -0.996. The highest BCUT2D eigenvalue weighted by Crippen LogP contribution is 2.48. The third-order valence-electron chi connectivity index (χ3n) is 4.79. The summed E-state index contributed by atoms with van der Waals surface area (Å²) >= 11 is 0. The molecule has 0 atom stereocenters. The van der Waals surface area contributed by atoms with Crippen LogP contribution < -0.4 is 0 Å². The van der Waals surface area contributed by atoms with Crippen molar-refractivity contribution in [3.8, 4) is 0 Å². The molecular formula is C20H21NO3. The highest BCUT2D eigenvalue weighted by molar-refractivity contribution is 5.91. The molecule has 0 aliphatic heterocycles. The van der Waals surface area contributed by atoms with Crippen LogP contribution in [0.1, 0.15) is 34.3 Å². The zero-order chi connectivity index (χ0) is 17.2. The van der Waals surface area contributed by atoms with E-state index < -0.39 is 5.97 Å². The molecular weight excluding hydrogens is 302 g/mol. The van der Waals surface area contributed by atoms with Crippen molar-refractivity contribution in [2.75, 3.05) is 13.6 Å². The van der Waals surface area contributed by atoms with Crippen molar-refractivity contribution >= 4 is 11.9 Å². The average Bonchev–Trinajstić information content (AvgIpc) is 3.36. The predicted octanol–water partition coefficient (Wildman–Crippen LogP) is 3.12. The van der Waals surface area contributed by atoms with Crippen molar-refractivity contribution in [3.05, 3.63) is 71.3 Å². The molecule has 0 heterocycles. The van der Waals surface area contributed by atoms with E-state index in [1.165, 1.54) is 11.6 Å². The van der Waals surface area contributed by atoms with Gasteiger partial charge in [-0.3, -0.25) is 4.79 Å². The van der Waals surface area contributed by atoms with Crippen LogP contribution in [0.15, 0.2) is 54.6 Å². The lowest BCUT2D eigenvalue weighted by atomic mass is 9.95. The number of carbonyl (C=O) groups excluding carboxylic acids is 1. The summed E-state index contributed by atoms with van der Waals surface area (Å²) in [6.45, 7) is 0.672. The first-order valence-corrected chi connectivity index (χ1v) is 8.12. The summed E-state index contributed by atoms with van der Waals surface area (Å²) in [6, 6.07) is 17.0. The highest BCUT2D eigenvalue weighted by Gasteiger charge is 2.45. The van der Waals surface area contributed by atoms with E-state index in [0.717, 1.165) is 12.8 Å². The van der Waals surface area contributed by atoms with E-state index in [2.05, 4.69) is 12.1 Å². The van der Waals surface area contributed by atoms with E-state index >= 15 is 0 Å². The number of hydrogen-bond donors (Lipinski definition) is 1. The lowest BCUT2D eigenvalue weighted by molar-refractivity contribution is -0.129. The molecule has 124 valence electrons. The van der Waals surface area contributed by atoms with Gasteiger partial charge in [-0.2, -0.15) is 0 Å². The Morgan fingerprint density at radius 1 is 1.04 bits per heavy atom. The summed E-state index contributed by atoms with van der Waals surface area (Å²) < 4.78 is 0. The topological polar surface area (TPSA) is 57.6 Å². The van der Waals surface area contributed by atoms with Gasteiger partial charge in [0, 0.05) is 19.0 Å². The average molecular weight is 323 g/mol. The molecule has 1 fully saturated rings. The Morgan fingerprint density at radius 3 is 2.29 bits per heavy atom. The predicted molar refractivity (Wildman–Crippen MR) is 92.1 cm³/mol. The largest absolute Gasteiger partial charge is 0.478 e. The summed E-state index contributed by atoms with van der Waals surface area (Å²) in [7, 11) is 1.80. The van der Waals surface area contributed by atoms with Gasteiger partial charge in [0.25, 0.3) is 0 Å². The van der Waals surface area contributed by atoms with Crippen LogP contribution in [0.2, 0.25) is 0 Å². The summed E-state index contributed by atoms with van der Waals surface area (Å²) in [6.07, 6.45) is 2.28. The summed E-state index contributed by atoms with van der Waals surface area (Å²) in [5, 5.41) is 9.24. The smallest absolute Gasteiger partial charge is 0.335 e. The third-order valence-corrected chi connectivity index (χ3v) is 4.79. The van der Waals surface area contributed by atoms with Crippen molar-refractivity contribution in [2.45, 2.75) is 24.7 Å². The molecule has 1 N–H and O–H groups in total. The lowest BCUT2D eigenvalue weighted by Gasteiger charge is -2.24. The fourth-order valence-corrected chi connectivity index (χ4v) is 3.20. The van der Waals surface area contributed by atoms with E-state index in [1.807, 2.05) is 18.2 Å². The second-order valence-corrected chi connectivity index (χ2v) is 6.54. The van der Waals surface area contributed by atoms with Crippen LogP contribution in [0.25, 0.3) is 0 Å². The standard InChI is InChI=1S/C20H21NO3/c1-21(14-20(11-12-20)16-8-3-2-4-9-16)18(22)13-15-7-5-6-10-17(15)19(23)24/h2-10H,11-14H2,1H3,(H,23,24). The molecule has 1 aliphatic rings.